The van der Waals surface area contributed by atoms with Gasteiger partial charge in [-0.2, -0.15) is 9.78 Å². The molecular formula is C11H9F3N2O. The third kappa shape index (κ3) is 2.41. The number of alkyl halides is 3. The molecule has 0 aliphatic carbocycles. The lowest BCUT2D eigenvalue weighted by Gasteiger charge is -2.04. The molecule has 3 nitrogen and oxygen atoms in total. The molecule has 2 aromatic rings. The molecule has 0 fully saturated rings. The Morgan fingerprint density at radius 2 is 2.00 bits per heavy atom. The Morgan fingerprint density at radius 3 is 2.59 bits per heavy atom. The minimum Gasteiger partial charge on any atom is -0.497 e. The lowest BCUT2D eigenvalue weighted by molar-refractivity contribution is -0.212. The zero-order valence-electron chi connectivity index (χ0n) is 8.90. The van der Waals surface area contributed by atoms with Gasteiger partial charge in [-0.25, -0.2) is 0 Å². The van der Waals surface area contributed by atoms with Gasteiger partial charge in [-0.15, -0.1) is 13.2 Å². The second kappa shape index (κ2) is 4.12. The first-order chi connectivity index (χ1) is 8.00. The summed E-state index contributed by atoms with van der Waals surface area (Å²) in [4.78, 5) is 0. The topological polar surface area (TPSA) is 27.1 Å². The van der Waals surface area contributed by atoms with Crippen molar-refractivity contribution in [2.75, 3.05) is 7.11 Å². The lowest BCUT2D eigenvalue weighted by Crippen LogP contribution is -2.16. The quantitative estimate of drug-likeness (QED) is 0.809. The van der Waals surface area contributed by atoms with Crippen molar-refractivity contribution >= 4 is 0 Å². The first kappa shape index (κ1) is 11.5. The molecule has 0 saturated carbocycles. The van der Waals surface area contributed by atoms with Crippen LogP contribution in [0.15, 0.2) is 36.7 Å². The predicted molar refractivity (Wildman–Crippen MR) is 55.5 cm³/mol. The van der Waals surface area contributed by atoms with E-state index in [1.165, 1.54) is 13.3 Å². The molecule has 2 rings (SSSR count). The van der Waals surface area contributed by atoms with Crippen molar-refractivity contribution in [3.05, 3.63) is 36.7 Å². The van der Waals surface area contributed by atoms with Gasteiger partial charge in [0.1, 0.15) is 5.75 Å². The van der Waals surface area contributed by atoms with E-state index in [-0.39, 0.29) is 4.68 Å². The third-order valence-corrected chi connectivity index (χ3v) is 2.25. The van der Waals surface area contributed by atoms with Gasteiger partial charge in [-0.3, -0.25) is 0 Å². The van der Waals surface area contributed by atoms with Gasteiger partial charge in [0, 0.05) is 11.8 Å². The van der Waals surface area contributed by atoms with Crippen molar-refractivity contribution in [3.8, 4) is 16.9 Å². The Labute approximate surface area is 95.4 Å². The van der Waals surface area contributed by atoms with E-state index in [9.17, 15) is 13.2 Å². The average molecular weight is 242 g/mol. The van der Waals surface area contributed by atoms with Crippen LogP contribution in [0.25, 0.3) is 11.1 Å². The SMILES string of the molecule is COc1cccc(-c2cnn(C(F)(F)F)c2)c1. The van der Waals surface area contributed by atoms with Crippen LogP contribution in [0.5, 0.6) is 5.75 Å². The fraction of sp³-hybridized carbons (Fsp3) is 0.182. The van der Waals surface area contributed by atoms with Gasteiger partial charge in [0.25, 0.3) is 0 Å². The third-order valence-electron chi connectivity index (χ3n) is 2.25. The van der Waals surface area contributed by atoms with Crippen LogP contribution < -0.4 is 4.74 Å². The highest BCUT2D eigenvalue weighted by Gasteiger charge is 2.31. The molecule has 1 aromatic heterocycles. The maximum absolute atomic E-state index is 12.3. The molecule has 0 atom stereocenters. The van der Waals surface area contributed by atoms with Crippen molar-refractivity contribution in [1.82, 2.24) is 9.78 Å². The number of rotatable bonds is 2. The van der Waals surface area contributed by atoms with Gasteiger partial charge in [-0.05, 0) is 17.7 Å². The normalized spacial score (nSPS) is 11.5. The molecule has 0 radical (unpaired) electrons. The van der Waals surface area contributed by atoms with Crippen LogP contribution >= 0.6 is 0 Å². The van der Waals surface area contributed by atoms with E-state index in [4.69, 9.17) is 4.74 Å². The second-order valence-electron chi connectivity index (χ2n) is 3.37. The first-order valence-electron chi connectivity index (χ1n) is 4.77. The Balaban J connectivity index is 2.37. The van der Waals surface area contributed by atoms with Gasteiger partial charge in [0.2, 0.25) is 0 Å². The number of hydrogen-bond acceptors (Lipinski definition) is 2. The molecule has 1 heterocycles. The van der Waals surface area contributed by atoms with Gasteiger partial charge < -0.3 is 4.74 Å². The van der Waals surface area contributed by atoms with Crippen LogP contribution in [0.1, 0.15) is 0 Å². The summed E-state index contributed by atoms with van der Waals surface area (Å²) in [6, 6.07) is 6.77. The second-order valence-corrected chi connectivity index (χ2v) is 3.37. The summed E-state index contributed by atoms with van der Waals surface area (Å²) in [6.07, 6.45) is -2.38. The lowest BCUT2D eigenvalue weighted by atomic mass is 10.1. The number of benzene rings is 1. The van der Waals surface area contributed by atoms with Gasteiger partial charge >= 0.3 is 6.30 Å². The molecule has 0 spiro atoms. The van der Waals surface area contributed by atoms with E-state index in [2.05, 4.69) is 5.10 Å². The Bertz CT molecular complexity index is 519. The summed E-state index contributed by atoms with van der Waals surface area (Å²) in [5.74, 6) is 0.585. The number of halogens is 3. The first-order valence-corrected chi connectivity index (χ1v) is 4.77. The monoisotopic (exact) mass is 242 g/mol. The molecule has 0 aliphatic rings. The van der Waals surface area contributed by atoms with Crippen LogP contribution in [0.3, 0.4) is 0 Å². The molecule has 0 aliphatic heterocycles. The van der Waals surface area contributed by atoms with Gasteiger partial charge in [0.15, 0.2) is 0 Å². The molecule has 0 saturated heterocycles. The van der Waals surface area contributed by atoms with Crippen molar-refractivity contribution in [2.24, 2.45) is 0 Å². The van der Waals surface area contributed by atoms with E-state index in [1.54, 1.807) is 24.3 Å². The van der Waals surface area contributed by atoms with Crippen molar-refractivity contribution in [1.29, 1.82) is 0 Å². The van der Waals surface area contributed by atoms with Crippen LogP contribution in [0.2, 0.25) is 0 Å². The van der Waals surface area contributed by atoms with Crippen LogP contribution in [-0.4, -0.2) is 16.9 Å². The van der Waals surface area contributed by atoms with Crippen molar-refractivity contribution < 1.29 is 17.9 Å². The maximum Gasteiger partial charge on any atom is 0.504 e. The van der Waals surface area contributed by atoms with Gasteiger partial charge in [0.05, 0.1) is 13.3 Å². The molecule has 17 heavy (non-hydrogen) atoms. The molecule has 1 aromatic carbocycles. The van der Waals surface area contributed by atoms with Gasteiger partial charge in [-0.1, -0.05) is 12.1 Å². The molecule has 6 heteroatoms. The summed E-state index contributed by atoms with van der Waals surface area (Å²) < 4.78 is 42.0. The van der Waals surface area contributed by atoms with Crippen LogP contribution in [-0.2, 0) is 6.30 Å². The van der Waals surface area contributed by atoms with Crippen LogP contribution in [0, 0.1) is 0 Å². The zero-order chi connectivity index (χ0) is 12.5. The number of methoxy groups -OCH3 is 1. The highest BCUT2D eigenvalue weighted by atomic mass is 19.4. The van der Waals surface area contributed by atoms with Crippen molar-refractivity contribution in [2.45, 2.75) is 6.30 Å². The minimum atomic E-state index is -4.49. The van der Waals surface area contributed by atoms with E-state index in [1.807, 2.05) is 0 Å². The predicted octanol–water partition coefficient (Wildman–Crippen LogP) is 3.04. The highest BCUT2D eigenvalue weighted by molar-refractivity contribution is 5.63. The summed E-state index contributed by atoms with van der Waals surface area (Å²) >= 11 is 0. The highest BCUT2D eigenvalue weighted by Crippen LogP contribution is 2.27. The summed E-state index contributed by atoms with van der Waals surface area (Å²) in [5, 5.41) is 3.27. The molecule has 0 bridgehead atoms. The van der Waals surface area contributed by atoms with Crippen molar-refractivity contribution in [3.63, 3.8) is 0 Å². The van der Waals surface area contributed by atoms with E-state index >= 15 is 0 Å². The maximum atomic E-state index is 12.3. The largest absolute Gasteiger partial charge is 0.504 e. The van der Waals surface area contributed by atoms with Crippen LogP contribution in [0.4, 0.5) is 13.2 Å². The number of hydrogen-bond donors (Lipinski definition) is 0. The summed E-state index contributed by atoms with van der Waals surface area (Å²) in [6.45, 7) is 0. The Morgan fingerprint density at radius 1 is 1.24 bits per heavy atom. The smallest absolute Gasteiger partial charge is 0.497 e. The Kier molecular flexibility index (Phi) is 2.79. The standard InChI is InChI=1S/C11H9F3N2O/c1-17-10-4-2-3-8(5-10)9-6-15-16(7-9)11(12,13)14/h2-7H,1H3. The zero-order valence-corrected chi connectivity index (χ0v) is 8.90. The van der Waals surface area contributed by atoms with E-state index < -0.39 is 6.30 Å². The fourth-order valence-electron chi connectivity index (χ4n) is 1.41. The number of nitrogens with zero attached hydrogens (tertiary/aromatic N) is 2. The molecule has 0 unspecified atom stereocenters. The fourth-order valence-corrected chi connectivity index (χ4v) is 1.41. The molecular weight excluding hydrogens is 233 g/mol. The van der Waals surface area contributed by atoms with E-state index in [0.29, 0.717) is 16.9 Å². The number of aromatic nitrogens is 2. The summed E-state index contributed by atoms with van der Waals surface area (Å²) in [7, 11) is 1.50. The molecule has 0 N–H and O–H groups in total. The average Bonchev–Trinajstić information content (AvgIpc) is 2.78. The number of ether oxygens (including phenoxy) is 1. The molecule has 90 valence electrons. The summed E-state index contributed by atoms with van der Waals surface area (Å²) in [5.41, 5.74) is 1.01. The Hall–Kier alpha value is -1.98. The van der Waals surface area contributed by atoms with E-state index in [0.717, 1.165) is 6.20 Å². The molecule has 0 amide bonds. The minimum absolute atomic E-state index is 0.0260.